The maximum atomic E-state index is 13.4. The van der Waals surface area contributed by atoms with Gasteiger partial charge in [-0.3, -0.25) is 14.4 Å². The molecule has 34 heavy (non-hydrogen) atoms. The molecule has 3 rings (SSSR count). The first kappa shape index (κ1) is 25.4. The number of carboxylic acids is 1. The number of aliphatic carboxylic acids is 1. The minimum Gasteiger partial charge on any atom is -0.481 e. The second-order valence-corrected chi connectivity index (χ2v) is 10.2. The molecule has 0 aliphatic carbocycles. The van der Waals surface area contributed by atoms with Gasteiger partial charge in [0, 0.05) is 17.1 Å². The number of hydrogen-bond acceptors (Lipinski definition) is 4. The van der Waals surface area contributed by atoms with Gasteiger partial charge in [0.25, 0.3) is 5.56 Å². The van der Waals surface area contributed by atoms with Gasteiger partial charge >= 0.3 is 5.97 Å². The molecule has 0 unspecified atom stereocenters. The van der Waals surface area contributed by atoms with Crippen molar-refractivity contribution in [3.8, 4) is 10.4 Å². The number of aryl methyl sites for hydroxylation is 3. The van der Waals surface area contributed by atoms with Crippen LogP contribution in [0.1, 0.15) is 61.0 Å². The molecule has 7 heteroatoms. The summed E-state index contributed by atoms with van der Waals surface area (Å²) in [4.78, 5) is 38.7. The molecule has 0 fully saturated rings. The molecule has 2 atom stereocenters. The van der Waals surface area contributed by atoms with E-state index in [1.807, 2.05) is 64.3 Å². The Morgan fingerprint density at radius 3 is 2.35 bits per heavy atom. The van der Waals surface area contributed by atoms with E-state index in [9.17, 15) is 19.5 Å². The van der Waals surface area contributed by atoms with Crippen LogP contribution >= 0.6 is 11.3 Å². The van der Waals surface area contributed by atoms with Crippen LogP contribution in [0.4, 0.5) is 0 Å². The predicted molar refractivity (Wildman–Crippen MR) is 136 cm³/mol. The number of thiophene rings is 1. The van der Waals surface area contributed by atoms with Crippen LogP contribution in [0.25, 0.3) is 10.4 Å². The lowest BCUT2D eigenvalue weighted by molar-refractivity contribution is -0.138. The normalized spacial score (nSPS) is 13.0. The lowest BCUT2D eigenvalue weighted by Crippen LogP contribution is -2.40. The van der Waals surface area contributed by atoms with E-state index in [-0.39, 0.29) is 23.8 Å². The number of benzene rings is 1. The Morgan fingerprint density at radius 1 is 1.09 bits per heavy atom. The van der Waals surface area contributed by atoms with Gasteiger partial charge in [0.05, 0.1) is 12.5 Å². The van der Waals surface area contributed by atoms with Crippen molar-refractivity contribution in [1.82, 2.24) is 9.88 Å². The molecular formula is C27H32N2O4S. The Hall–Kier alpha value is -3.19. The number of carboxylic acid groups (broad SMARTS) is 1. The number of hydrogen-bond donors (Lipinski definition) is 2. The van der Waals surface area contributed by atoms with Gasteiger partial charge in [-0.25, -0.2) is 0 Å². The molecule has 6 nitrogen and oxygen atoms in total. The summed E-state index contributed by atoms with van der Waals surface area (Å²) in [7, 11) is 0. The molecule has 3 aromatic rings. The maximum Gasteiger partial charge on any atom is 0.305 e. The van der Waals surface area contributed by atoms with Crippen LogP contribution < -0.4 is 10.9 Å². The maximum absolute atomic E-state index is 13.4. The van der Waals surface area contributed by atoms with E-state index in [1.165, 1.54) is 22.0 Å². The largest absolute Gasteiger partial charge is 0.481 e. The van der Waals surface area contributed by atoms with Crippen molar-refractivity contribution < 1.29 is 14.7 Å². The molecule has 2 aromatic heterocycles. The molecule has 2 heterocycles. The zero-order valence-electron chi connectivity index (χ0n) is 20.3. The molecule has 0 saturated heterocycles. The average molecular weight is 481 g/mol. The zero-order chi connectivity index (χ0) is 25.0. The molecule has 0 spiro atoms. The first-order valence-corrected chi connectivity index (χ1v) is 12.3. The summed E-state index contributed by atoms with van der Waals surface area (Å²) in [6.07, 6.45) is 1.86. The van der Waals surface area contributed by atoms with Crippen molar-refractivity contribution in [1.29, 1.82) is 0 Å². The van der Waals surface area contributed by atoms with E-state index in [0.29, 0.717) is 6.42 Å². The van der Waals surface area contributed by atoms with Crippen LogP contribution in [0.5, 0.6) is 0 Å². The van der Waals surface area contributed by atoms with E-state index in [4.69, 9.17) is 0 Å². The van der Waals surface area contributed by atoms with Crippen LogP contribution in [-0.4, -0.2) is 21.6 Å². The molecule has 0 bridgehead atoms. The fraction of sp³-hybridized carbons (Fsp3) is 0.370. The van der Waals surface area contributed by atoms with Crippen LogP contribution in [-0.2, 0) is 9.59 Å². The fourth-order valence-electron chi connectivity index (χ4n) is 4.20. The van der Waals surface area contributed by atoms with Gasteiger partial charge in [0.15, 0.2) is 0 Å². The second kappa shape index (κ2) is 10.8. The third kappa shape index (κ3) is 6.03. The lowest BCUT2D eigenvalue weighted by atomic mass is 9.99. The van der Waals surface area contributed by atoms with Gasteiger partial charge in [-0.15, -0.1) is 11.3 Å². The molecule has 0 radical (unpaired) electrons. The number of pyridine rings is 1. The van der Waals surface area contributed by atoms with E-state index >= 15 is 0 Å². The molecule has 0 aliphatic rings. The number of amides is 1. The fourth-order valence-corrected chi connectivity index (χ4v) is 5.34. The van der Waals surface area contributed by atoms with E-state index < -0.39 is 18.1 Å². The van der Waals surface area contributed by atoms with Crippen molar-refractivity contribution in [3.63, 3.8) is 0 Å². The van der Waals surface area contributed by atoms with Crippen LogP contribution in [0.2, 0.25) is 0 Å². The van der Waals surface area contributed by atoms with Crippen molar-refractivity contribution in [3.05, 3.63) is 80.6 Å². The Kier molecular flexibility index (Phi) is 8.10. The number of carbonyl (C=O) groups excluding carboxylic acids is 1. The molecule has 180 valence electrons. The van der Waals surface area contributed by atoms with Gasteiger partial charge < -0.3 is 15.0 Å². The Balaban J connectivity index is 1.94. The summed E-state index contributed by atoms with van der Waals surface area (Å²) >= 11 is 1.53. The smallest absolute Gasteiger partial charge is 0.305 e. The van der Waals surface area contributed by atoms with Crippen molar-refractivity contribution in [2.45, 2.75) is 59.5 Å². The number of rotatable bonds is 9. The van der Waals surface area contributed by atoms with E-state index in [2.05, 4.69) is 5.32 Å². The minimum atomic E-state index is -1.00. The number of aromatic nitrogens is 1. The van der Waals surface area contributed by atoms with Crippen molar-refractivity contribution in [2.75, 3.05) is 0 Å². The first-order valence-electron chi connectivity index (χ1n) is 11.4. The number of nitrogens with one attached hydrogen (secondary N) is 1. The summed E-state index contributed by atoms with van der Waals surface area (Å²) in [5.74, 6) is -1.19. The SMILES string of the molecule is Cc1ccn([C@@H](CC(C)C)C(=O)N[C@H](CC(=O)O)c2csc(-c3c(C)cccc3C)c2)c(=O)c1. The minimum absolute atomic E-state index is 0.165. The van der Waals surface area contributed by atoms with Gasteiger partial charge in [0.1, 0.15) is 6.04 Å². The van der Waals surface area contributed by atoms with Gasteiger partial charge in [-0.2, -0.15) is 0 Å². The van der Waals surface area contributed by atoms with Gasteiger partial charge in [-0.05, 0) is 78.4 Å². The molecule has 1 amide bonds. The highest BCUT2D eigenvalue weighted by Gasteiger charge is 2.27. The lowest BCUT2D eigenvalue weighted by Gasteiger charge is -2.24. The average Bonchev–Trinajstić information content (AvgIpc) is 3.21. The van der Waals surface area contributed by atoms with Crippen molar-refractivity contribution >= 4 is 23.2 Å². The Labute approximate surface area is 204 Å². The molecule has 2 N–H and O–H groups in total. The van der Waals surface area contributed by atoms with Gasteiger partial charge in [-0.1, -0.05) is 32.0 Å². The summed E-state index contributed by atoms with van der Waals surface area (Å²) in [5.41, 5.74) is 4.74. The standard InChI is InChI=1S/C27H32N2O4S/c1-16(2)11-22(29-10-9-17(3)12-24(29)30)27(33)28-21(14-25(31)32)20-13-23(34-15-20)26-18(4)7-6-8-19(26)5/h6-10,12-13,15-16,21-22H,11,14H2,1-5H3,(H,28,33)(H,31,32)/t21-,22+/m1/s1. The highest BCUT2D eigenvalue weighted by molar-refractivity contribution is 7.13. The monoisotopic (exact) mass is 480 g/mol. The van der Waals surface area contributed by atoms with Crippen LogP contribution in [0, 0.1) is 26.7 Å². The van der Waals surface area contributed by atoms with Crippen LogP contribution in [0.15, 0.2) is 52.8 Å². The quantitative estimate of drug-likeness (QED) is 0.428. The Bertz CT molecular complexity index is 1220. The van der Waals surface area contributed by atoms with Crippen LogP contribution in [0.3, 0.4) is 0 Å². The highest BCUT2D eigenvalue weighted by atomic mass is 32.1. The molecule has 0 aliphatic heterocycles. The van der Waals surface area contributed by atoms with Gasteiger partial charge in [0.2, 0.25) is 5.91 Å². The third-order valence-electron chi connectivity index (χ3n) is 5.88. The molecule has 0 saturated carbocycles. The first-order chi connectivity index (χ1) is 16.1. The zero-order valence-corrected chi connectivity index (χ0v) is 21.1. The number of nitrogens with zero attached hydrogens (tertiary/aromatic N) is 1. The third-order valence-corrected chi connectivity index (χ3v) is 6.85. The topological polar surface area (TPSA) is 88.4 Å². The Morgan fingerprint density at radius 2 is 1.76 bits per heavy atom. The summed E-state index contributed by atoms with van der Waals surface area (Å²) in [6, 6.07) is 9.96. The number of carbonyl (C=O) groups is 2. The van der Waals surface area contributed by atoms with Crippen molar-refractivity contribution in [2.24, 2.45) is 5.92 Å². The molecular weight excluding hydrogens is 448 g/mol. The summed E-state index contributed by atoms with van der Waals surface area (Å²) in [5, 5.41) is 14.4. The van der Waals surface area contributed by atoms with E-state index in [0.717, 1.165) is 32.7 Å². The highest BCUT2D eigenvalue weighted by Crippen LogP contribution is 2.35. The summed E-state index contributed by atoms with van der Waals surface area (Å²) < 4.78 is 1.44. The van der Waals surface area contributed by atoms with E-state index in [1.54, 1.807) is 12.3 Å². The summed E-state index contributed by atoms with van der Waals surface area (Å²) in [6.45, 7) is 9.91. The molecule has 1 aromatic carbocycles. The predicted octanol–water partition coefficient (Wildman–Crippen LogP) is 5.42. The second-order valence-electron chi connectivity index (χ2n) is 9.27.